The van der Waals surface area contributed by atoms with E-state index in [1.165, 1.54) is 29.4 Å². The predicted octanol–water partition coefficient (Wildman–Crippen LogP) is 5.79. The minimum Gasteiger partial charge on any atom is -0.509 e. The number of aliphatic hydroxyl groups is 1. The van der Waals surface area contributed by atoms with Gasteiger partial charge in [-0.15, -0.1) is 0 Å². The highest BCUT2D eigenvalue weighted by molar-refractivity contribution is 6.24. The molecule has 1 atom stereocenters. The van der Waals surface area contributed by atoms with Crippen molar-refractivity contribution in [1.82, 2.24) is 15.0 Å². The summed E-state index contributed by atoms with van der Waals surface area (Å²) in [5.41, 5.74) is -2.71. The van der Waals surface area contributed by atoms with Gasteiger partial charge in [-0.05, 0) is 62.6 Å². The quantitative estimate of drug-likeness (QED) is 0.285. The van der Waals surface area contributed by atoms with Gasteiger partial charge < -0.3 is 10.4 Å². The summed E-state index contributed by atoms with van der Waals surface area (Å²) in [4.78, 5) is 31.3. The zero-order valence-electron chi connectivity index (χ0n) is 22.9. The monoisotopic (exact) mass is 597 g/mol. The minimum atomic E-state index is -4.72. The van der Waals surface area contributed by atoms with Gasteiger partial charge in [0.25, 0.3) is 11.8 Å². The standard InChI is InChI=1S/C30H24F5N5O3/c1-16-11-18(14-37-23(16)13-36)20-12-19(30(33,34)35)7-8-22(20)38-27(42)24-26(41)29(2)9-4-10-40(29)39(28(24)43)15-17-5-3-6-21(31)25(17)32/h3,5-8,11-12,14,41H,4,9-10,15H2,1-2H3,(H,38,42)/t29-/m1/s1. The molecule has 1 fully saturated rings. The molecule has 2 aromatic carbocycles. The molecule has 0 unspecified atom stereocenters. The molecular formula is C30H24F5N5O3. The number of hydrogen-bond acceptors (Lipinski definition) is 6. The van der Waals surface area contributed by atoms with E-state index < -0.39 is 58.6 Å². The summed E-state index contributed by atoms with van der Waals surface area (Å²) in [6.45, 7) is 2.99. The number of aliphatic hydroxyl groups excluding tert-OH is 1. The molecule has 8 nitrogen and oxygen atoms in total. The van der Waals surface area contributed by atoms with E-state index in [0.717, 1.165) is 29.3 Å². The van der Waals surface area contributed by atoms with Crippen molar-refractivity contribution >= 4 is 17.5 Å². The van der Waals surface area contributed by atoms with Crippen LogP contribution in [0.3, 0.4) is 0 Å². The number of carbonyl (C=O) groups is 2. The number of pyridine rings is 1. The number of nitrogens with one attached hydrogen (secondary N) is 1. The Bertz CT molecular complexity index is 1730. The van der Waals surface area contributed by atoms with Gasteiger partial charge in [0.15, 0.2) is 11.6 Å². The average molecular weight is 598 g/mol. The summed E-state index contributed by atoms with van der Waals surface area (Å²) >= 11 is 0. The van der Waals surface area contributed by atoms with Crippen molar-refractivity contribution in [3.8, 4) is 17.2 Å². The molecular weight excluding hydrogens is 573 g/mol. The fraction of sp³-hybridized carbons (Fsp3) is 0.267. The first-order chi connectivity index (χ1) is 20.3. The van der Waals surface area contributed by atoms with Gasteiger partial charge in [0.05, 0.1) is 17.6 Å². The van der Waals surface area contributed by atoms with Crippen LogP contribution in [-0.2, 0) is 22.3 Å². The van der Waals surface area contributed by atoms with Crippen LogP contribution in [0, 0.1) is 29.9 Å². The van der Waals surface area contributed by atoms with E-state index in [0.29, 0.717) is 18.4 Å². The molecule has 0 saturated carbocycles. The number of nitriles is 1. The molecule has 5 rings (SSSR count). The van der Waals surface area contributed by atoms with Crippen molar-refractivity contribution in [2.75, 3.05) is 11.9 Å². The summed E-state index contributed by atoms with van der Waals surface area (Å²) in [5, 5.41) is 25.5. The van der Waals surface area contributed by atoms with Crippen LogP contribution in [0.25, 0.3) is 11.1 Å². The fourth-order valence-electron chi connectivity index (χ4n) is 5.47. The second-order valence-corrected chi connectivity index (χ2v) is 10.5. The lowest BCUT2D eigenvalue weighted by Gasteiger charge is -2.46. The summed E-state index contributed by atoms with van der Waals surface area (Å²) in [6, 6.07) is 9.36. The molecule has 0 bridgehead atoms. The largest absolute Gasteiger partial charge is 0.509 e. The zero-order chi connectivity index (χ0) is 31.3. The number of fused-ring (bicyclic) bond motifs is 1. The van der Waals surface area contributed by atoms with Gasteiger partial charge >= 0.3 is 6.18 Å². The molecule has 2 aliphatic rings. The zero-order valence-corrected chi connectivity index (χ0v) is 22.9. The SMILES string of the molecule is Cc1cc(-c2cc(C(F)(F)F)ccc2NC(=O)C2=C(O)[C@@]3(C)CCCN3N(Cc3cccc(F)c3F)C2=O)cnc1C#N. The van der Waals surface area contributed by atoms with E-state index in [9.17, 15) is 41.9 Å². The Labute approximate surface area is 242 Å². The van der Waals surface area contributed by atoms with E-state index in [1.807, 2.05) is 6.07 Å². The third kappa shape index (κ3) is 5.18. The predicted molar refractivity (Wildman–Crippen MR) is 144 cm³/mol. The van der Waals surface area contributed by atoms with Crippen molar-refractivity contribution in [2.24, 2.45) is 0 Å². The molecule has 0 spiro atoms. The average Bonchev–Trinajstić information content (AvgIpc) is 3.35. The van der Waals surface area contributed by atoms with Crippen molar-refractivity contribution in [1.29, 1.82) is 5.26 Å². The van der Waals surface area contributed by atoms with Crippen LogP contribution in [0.1, 0.15) is 42.1 Å². The molecule has 3 heterocycles. The van der Waals surface area contributed by atoms with Gasteiger partial charge in [0.2, 0.25) is 0 Å². The van der Waals surface area contributed by atoms with E-state index >= 15 is 0 Å². The van der Waals surface area contributed by atoms with Gasteiger partial charge in [-0.1, -0.05) is 12.1 Å². The Morgan fingerprint density at radius 1 is 1.21 bits per heavy atom. The number of benzene rings is 2. The lowest BCUT2D eigenvalue weighted by Crippen LogP contribution is -2.60. The lowest BCUT2D eigenvalue weighted by atomic mass is 9.90. The number of rotatable bonds is 5. The molecule has 2 amide bonds. The van der Waals surface area contributed by atoms with Gasteiger partial charge in [-0.3, -0.25) is 14.6 Å². The number of halogens is 5. The number of nitrogens with zero attached hydrogens (tertiary/aromatic N) is 4. The lowest BCUT2D eigenvalue weighted by molar-refractivity contribution is -0.160. The van der Waals surface area contributed by atoms with Crippen LogP contribution in [0.5, 0.6) is 0 Å². The summed E-state index contributed by atoms with van der Waals surface area (Å²) in [5.74, 6) is -4.94. The van der Waals surface area contributed by atoms with E-state index in [-0.39, 0.29) is 34.6 Å². The molecule has 1 saturated heterocycles. The van der Waals surface area contributed by atoms with Crippen LogP contribution < -0.4 is 5.32 Å². The molecule has 2 N–H and O–H groups in total. The van der Waals surface area contributed by atoms with Crippen LogP contribution in [0.15, 0.2) is 60.0 Å². The number of hydrazine groups is 1. The van der Waals surface area contributed by atoms with E-state index in [2.05, 4.69) is 10.3 Å². The third-order valence-electron chi connectivity index (χ3n) is 7.76. The number of carbonyl (C=O) groups excluding carboxylic acids is 2. The molecule has 43 heavy (non-hydrogen) atoms. The first-order valence-electron chi connectivity index (χ1n) is 13.1. The normalized spacial score (nSPS) is 18.9. The van der Waals surface area contributed by atoms with Gasteiger partial charge in [0, 0.05) is 35.1 Å². The second-order valence-electron chi connectivity index (χ2n) is 10.5. The molecule has 222 valence electrons. The number of amides is 2. The second kappa shape index (κ2) is 10.8. The molecule has 2 aliphatic heterocycles. The van der Waals surface area contributed by atoms with E-state index in [4.69, 9.17) is 0 Å². The maximum atomic E-state index is 14.6. The molecule has 13 heteroatoms. The Hall–Kier alpha value is -4.83. The third-order valence-corrected chi connectivity index (χ3v) is 7.76. The van der Waals surface area contributed by atoms with Crippen molar-refractivity contribution < 1.29 is 36.6 Å². The number of aryl methyl sites for hydroxylation is 1. The number of alkyl halides is 3. The number of hydrogen-bond donors (Lipinski definition) is 2. The maximum absolute atomic E-state index is 14.6. The molecule has 0 aliphatic carbocycles. The van der Waals surface area contributed by atoms with Crippen molar-refractivity contribution in [3.63, 3.8) is 0 Å². The van der Waals surface area contributed by atoms with Crippen LogP contribution in [0.2, 0.25) is 0 Å². The van der Waals surface area contributed by atoms with Crippen molar-refractivity contribution in [2.45, 2.75) is 44.9 Å². The topological polar surface area (TPSA) is 110 Å². The Morgan fingerprint density at radius 3 is 2.63 bits per heavy atom. The summed E-state index contributed by atoms with van der Waals surface area (Å²) < 4.78 is 69.4. The highest BCUT2D eigenvalue weighted by Crippen LogP contribution is 2.42. The highest BCUT2D eigenvalue weighted by atomic mass is 19.4. The number of anilines is 1. The summed E-state index contributed by atoms with van der Waals surface area (Å²) in [7, 11) is 0. The minimum absolute atomic E-state index is 0.0633. The smallest absolute Gasteiger partial charge is 0.416 e. The highest BCUT2D eigenvalue weighted by Gasteiger charge is 2.52. The molecule has 3 aromatic rings. The Morgan fingerprint density at radius 2 is 1.95 bits per heavy atom. The number of aromatic nitrogens is 1. The van der Waals surface area contributed by atoms with E-state index in [1.54, 1.807) is 13.8 Å². The maximum Gasteiger partial charge on any atom is 0.416 e. The van der Waals surface area contributed by atoms with Gasteiger partial charge in [-0.25, -0.2) is 18.8 Å². The summed E-state index contributed by atoms with van der Waals surface area (Å²) in [6.07, 6.45) is -2.70. The van der Waals surface area contributed by atoms with Crippen LogP contribution in [-0.4, -0.2) is 44.0 Å². The Balaban J connectivity index is 1.56. The fourth-order valence-corrected chi connectivity index (χ4v) is 5.47. The first kappa shape index (κ1) is 29.7. The van der Waals surface area contributed by atoms with Crippen LogP contribution in [0.4, 0.5) is 27.6 Å². The van der Waals surface area contributed by atoms with Gasteiger partial charge in [0.1, 0.15) is 23.1 Å². The first-order valence-corrected chi connectivity index (χ1v) is 13.1. The van der Waals surface area contributed by atoms with Gasteiger partial charge in [-0.2, -0.15) is 18.4 Å². The molecule has 1 aromatic heterocycles. The molecule has 0 radical (unpaired) electrons. The van der Waals surface area contributed by atoms with Crippen molar-refractivity contribution in [3.05, 3.63) is 94.0 Å². The Kier molecular flexibility index (Phi) is 7.43. The van der Waals surface area contributed by atoms with Crippen LogP contribution >= 0.6 is 0 Å².